The molecule has 0 atom stereocenters. The zero-order valence-corrected chi connectivity index (χ0v) is 7.50. The highest BCUT2D eigenvalue weighted by Gasteiger charge is 2.06. The predicted octanol–water partition coefficient (Wildman–Crippen LogP) is 2.37. The molecule has 0 saturated carbocycles. The van der Waals surface area contributed by atoms with Crippen molar-refractivity contribution in [2.75, 3.05) is 0 Å². The van der Waals surface area contributed by atoms with Crippen LogP contribution in [0.5, 0.6) is 0 Å². The molecular formula is C10H13NO. The van der Waals surface area contributed by atoms with Gasteiger partial charge in [0, 0.05) is 23.9 Å². The molecule has 0 bridgehead atoms. The number of aryl methyl sites for hydroxylation is 1. The quantitative estimate of drug-likeness (QED) is 0.640. The minimum Gasteiger partial charge on any atom is -0.294 e. The Balaban J connectivity index is 2.87. The Bertz CT molecular complexity index is 281. The summed E-state index contributed by atoms with van der Waals surface area (Å²) in [5.41, 5.74) is 1.59. The van der Waals surface area contributed by atoms with Crippen LogP contribution in [0.4, 0.5) is 0 Å². The average molecular weight is 163 g/mol. The summed E-state index contributed by atoms with van der Waals surface area (Å²) in [6.45, 7) is 3.87. The molecule has 1 aromatic rings. The number of Topliss-reactive ketones (excluding diaryl/α,β-unsaturated/α-hetero) is 1. The first-order valence-corrected chi connectivity index (χ1v) is 4.20. The standard InChI is InChI=1S/C10H13NO/c1-3-5-10(12)9-6-4-7-11-8(9)2/h4,6-7H,3,5H2,1-2H3. The van der Waals surface area contributed by atoms with Crippen molar-refractivity contribution in [3.63, 3.8) is 0 Å². The third-order valence-corrected chi connectivity index (χ3v) is 1.78. The lowest BCUT2D eigenvalue weighted by molar-refractivity contribution is 0.0981. The molecule has 2 heteroatoms. The van der Waals surface area contributed by atoms with E-state index in [0.717, 1.165) is 17.7 Å². The van der Waals surface area contributed by atoms with Crippen molar-refractivity contribution in [2.45, 2.75) is 26.7 Å². The Morgan fingerprint density at radius 2 is 2.33 bits per heavy atom. The molecule has 0 spiro atoms. The summed E-state index contributed by atoms with van der Waals surface area (Å²) in [4.78, 5) is 15.5. The molecule has 0 aromatic carbocycles. The van der Waals surface area contributed by atoms with Crippen molar-refractivity contribution in [3.05, 3.63) is 29.6 Å². The van der Waals surface area contributed by atoms with Crippen LogP contribution < -0.4 is 0 Å². The summed E-state index contributed by atoms with van der Waals surface area (Å²) in [5, 5.41) is 0. The van der Waals surface area contributed by atoms with E-state index in [-0.39, 0.29) is 5.78 Å². The number of carbonyl (C=O) groups excluding carboxylic acids is 1. The summed E-state index contributed by atoms with van der Waals surface area (Å²) in [6.07, 6.45) is 3.22. The largest absolute Gasteiger partial charge is 0.294 e. The number of aromatic nitrogens is 1. The zero-order chi connectivity index (χ0) is 8.97. The molecule has 0 aliphatic carbocycles. The monoisotopic (exact) mass is 163 g/mol. The smallest absolute Gasteiger partial charge is 0.164 e. The number of ketones is 1. The highest BCUT2D eigenvalue weighted by molar-refractivity contribution is 5.96. The summed E-state index contributed by atoms with van der Waals surface area (Å²) < 4.78 is 0. The minimum atomic E-state index is 0.197. The van der Waals surface area contributed by atoms with Gasteiger partial charge in [0.1, 0.15) is 0 Å². The number of carbonyl (C=O) groups is 1. The van der Waals surface area contributed by atoms with Gasteiger partial charge in [0.2, 0.25) is 0 Å². The SMILES string of the molecule is CCCC(=O)c1cccnc1C. The van der Waals surface area contributed by atoms with Crippen LogP contribution in [0.2, 0.25) is 0 Å². The lowest BCUT2D eigenvalue weighted by atomic mass is 10.1. The third kappa shape index (κ3) is 1.91. The number of hydrogen-bond acceptors (Lipinski definition) is 2. The molecule has 1 rings (SSSR count). The van der Waals surface area contributed by atoms with E-state index in [1.165, 1.54) is 0 Å². The van der Waals surface area contributed by atoms with Crippen LogP contribution in [0.25, 0.3) is 0 Å². The van der Waals surface area contributed by atoms with Crippen molar-refractivity contribution in [1.29, 1.82) is 0 Å². The van der Waals surface area contributed by atoms with Gasteiger partial charge in [-0.25, -0.2) is 0 Å². The van der Waals surface area contributed by atoms with Gasteiger partial charge < -0.3 is 0 Å². The third-order valence-electron chi connectivity index (χ3n) is 1.78. The van der Waals surface area contributed by atoms with Gasteiger partial charge in [-0.3, -0.25) is 9.78 Å². The fourth-order valence-electron chi connectivity index (χ4n) is 1.14. The van der Waals surface area contributed by atoms with E-state index in [9.17, 15) is 4.79 Å². The minimum absolute atomic E-state index is 0.197. The van der Waals surface area contributed by atoms with Crippen molar-refractivity contribution >= 4 is 5.78 Å². The van der Waals surface area contributed by atoms with Gasteiger partial charge in [-0.2, -0.15) is 0 Å². The van der Waals surface area contributed by atoms with Crippen LogP contribution in [-0.4, -0.2) is 10.8 Å². The van der Waals surface area contributed by atoms with Crippen LogP contribution in [0.1, 0.15) is 35.8 Å². The molecule has 0 amide bonds. The maximum atomic E-state index is 11.4. The van der Waals surface area contributed by atoms with E-state index in [0.29, 0.717) is 6.42 Å². The first-order valence-electron chi connectivity index (χ1n) is 4.20. The molecule has 2 nitrogen and oxygen atoms in total. The van der Waals surface area contributed by atoms with E-state index >= 15 is 0 Å². The Labute approximate surface area is 72.6 Å². The Morgan fingerprint density at radius 3 is 2.92 bits per heavy atom. The second kappa shape index (κ2) is 4.00. The summed E-state index contributed by atoms with van der Waals surface area (Å²) in [7, 11) is 0. The van der Waals surface area contributed by atoms with Crippen molar-refractivity contribution in [1.82, 2.24) is 4.98 Å². The maximum Gasteiger partial charge on any atom is 0.164 e. The number of rotatable bonds is 3. The van der Waals surface area contributed by atoms with Crippen molar-refractivity contribution < 1.29 is 4.79 Å². The number of hydrogen-bond donors (Lipinski definition) is 0. The first kappa shape index (κ1) is 8.91. The molecule has 0 aliphatic rings. The predicted molar refractivity (Wildman–Crippen MR) is 48.2 cm³/mol. The second-order valence-electron chi connectivity index (χ2n) is 2.81. The van der Waals surface area contributed by atoms with E-state index in [4.69, 9.17) is 0 Å². The molecular weight excluding hydrogens is 150 g/mol. The second-order valence-corrected chi connectivity index (χ2v) is 2.81. The van der Waals surface area contributed by atoms with E-state index in [1.54, 1.807) is 12.3 Å². The van der Waals surface area contributed by atoms with Gasteiger partial charge in [0.05, 0.1) is 0 Å². The Kier molecular flexibility index (Phi) is 2.97. The van der Waals surface area contributed by atoms with Crippen LogP contribution in [0.3, 0.4) is 0 Å². The normalized spacial score (nSPS) is 9.83. The van der Waals surface area contributed by atoms with Crippen molar-refractivity contribution in [3.8, 4) is 0 Å². The van der Waals surface area contributed by atoms with Gasteiger partial charge in [-0.15, -0.1) is 0 Å². The molecule has 0 fully saturated rings. The van der Waals surface area contributed by atoms with Gasteiger partial charge in [-0.1, -0.05) is 6.92 Å². The van der Waals surface area contributed by atoms with E-state index in [1.807, 2.05) is 19.9 Å². The van der Waals surface area contributed by atoms with Crippen LogP contribution in [0.15, 0.2) is 18.3 Å². The Morgan fingerprint density at radius 1 is 1.58 bits per heavy atom. The molecule has 1 aromatic heterocycles. The fourth-order valence-corrected chi connectivity index (χ4v) is 1.14. The summed E-state index contributed by atoms with van der Waals surface area (Å²) >= 11 is 0. The maximum absolute atomic E-state index is 11.4. The average Bonchev–Trinajstić information content (AvgIpc) is 2.05. The molecule has 0 aliphatic heterocycles. The zero-order valence-electron chi connectivity index (χ0n) is 7.50. The molecule has 0 radical (unpaired) electrons. The van der Waals surface area contributed by atoms with Gasteiger partial charge in [-0.05, 0) is 25.5 Å². The molecule has 64 valence electrons. The van der Waals surface area contributed by atoms with Crippen LogP contribution in [-0.2, 0) is 0 Å². The van der Waals surface area contributed by atoms with Crippen LogP contribution in [0, 0.1) is 6.92 Å². The highest BCUT2D eigenvalue weighted by Crippen LogP contribution is 2.07. The lowest BCUT2D eigenvalue weighted by Crippen LogP contribution is -2.01. The number of nitrogens with zero attached hydrogens (tertiary/aromatic N) is 1. The highest BCUT2D eigenvalue weighted by atomic mass is 16.1. The molecule has 0 unspecified atom stereocenters. The van der Waals surface area contributed by atoms with Gasteiger partial charge in [0.15, 0.2) is 5.78 Å². The van der Waals surface area contributed by atoms with E-state index in [2.05, 4.69) is 4.98 Å². The summed E-state index contributed by atoms with van der Waals surface area (Å²) in [6, 6.07) is 3.64. The van der Waals surface area contributed by atoms with Gasteiger partial charge >= 0.3 is 0 Å². The van der Waals surface area contributed by atoms with E-state index < -0.39 is 0 Å². The first-order chi connectivity index (χ1) is 5.75. The summed E-state index contributed by atoms with van der Waals surface area (Å²) in [5.74, 6) is 0.197. The lowest BCUT2D eigenvalue weighted by Gasteiger charge is -2.00. The topological polar surface area (TPSA) is 30.0 Å². The molecule has 12 heavy (non-hydrogen) atoms. The number of pyridine rings is 1. The molecule has 0 saturated heterocycles. The fraction of sp³-hybridized carbons (Fsp3) is 0.400. The van der Waals surface area contributed by atoms with Gasteiger partial charge in [0.25, 0.3) is 0 Å². The van der Waals surface area contributed by atoms with Crippen molar-refractivity contribution in [2.24, 2.45) is 0 Å². The van der Waals surface area contributed by atoms with Crippen LogP contribution >= 0.6 is 0 Å². The molecule has 0 N–H and O–H groups in total. The Hall–Kier alpha value is -1.18. The molecule has 1 heterocycles.